The number of carbonyl (C=O) groups is 2. The molecule has 0 radical (unpaired) electrons. The second-order valence-electron chi connectivity index (χ2n) is 5.88. The molecule has 0 aliphatic heterocycles. The van der Waals surface area contributed by atoms with Crippen LogP contribution >= 0.6 is 0 Å². The van der Waals surface area contributed by atoms with Crippen molar-refractivity contribution in [3.8, 4) is 5.69 Å². The minimum atomic E-state index is -3.86. The number of sulfonamides is 1. The molecule has 0 aliphatic carbocycles. The first-order chi connectivity index (χ1) is 13.9. The Kier molecular flexibility index (Phi) is 6.05. The van der Waals surface area contributed by atoms with Gasteiger partial charge in [0.2, 0.25) is 10.0 Å². The van der Waals surface area contributed by atoms with Gasteiger partial charge in [-0.25, -0.2) is 13.1 Å². The smallest absolute Gasteiger partial charge is 0.320 e. The van der Waals surface area contributed by atoms with Gasteiger partial charge in [-0.05, 0) is 54.6 Å². The summed E-state index contributed by atoms with van der Waals surface area (Å²) in [5.41, 5.74) is 1.69. The maximum absolute atomic E-state index is 12.4. The van der Waals surface area contributed by atoms with Gasteiger partial charge >= 0.3 is 5.97 Å². The first-order valence-electron chi connectivity index (χ1n) is 8.47. The van der Waals surface area contributed by atoms with E-state index in [-0.39, 0.29) is 10.8 Å². The van der Waals surface area contributed by atoms with Crippen molar-refractivity contribution in [2.45, 2.75) is 4.90 Å². The quantitative estimate of drug-likeness (QED) is 0.567. The second kappa shape index (κ2) is 8.67. The van der Waals surface area contributed by atoms with Crippen LogP contribution in [-0.4, -0.2) is 43.7 Å². The van der Waals surface area contributed by atoms with E-state index in [0.717, 1.165) is 5.69 Å². The number of nitrogens with zero attached hydrogens (tertiary/aromatic N) is 2. The van der Waals surface area contributed by atoms with Crippen LogP contribution in [0.2, 0.25) is 0 Å². The Morgan fingerprint density at radius 2 is 1.76 bits per heavy atom. The van der Waals surface area contributed by atoms with Gasteiger partial charge in [0.15, 0.2) is 0 Å². The molecule has 1 heterocycles. The number of ether oxygens (including phenoxy) is 1. The van der Waals surface area contributed by atoms with Crippen LogP contribution in [0.4, 0.5) is 5.69 Å². The Morgan fingerprint density at radius 3 is 2.34 bits per heavy atom. The fraction of sp³-hybridized carbons (Fsp3) is 0.105. The number of hydrogen-bond donors (Lipinski definition) is 2. The summed E-state index contributed by atoms with van der Waals surface area (Å²) in [6, 6.07) is 14.3. The lowest BCUT2D eigenvalue weighted by Crippen LogP contribution is -2.30. The number of rotatable bonds is 7. The van der Waals surface area contributed by atoms with E-state index in [9.17, 15) is 18.0 Å². The minimum absolute atomic E-state index is 0.0389. The Bertz CT molecular complexity index is 1090. The number of methoxy groups -OCH3 is 1. The zero-order chi connectivity index (χ0) is 20.9. The zero-order valence-electron chi connectivity index (χ0n) is 15.4. The summed E-state index contributed by atoms with van der Waals surface area (Å²) in [6.45, 7) is -0.466. The van der Waals surface area contributed by atoms with Crippen molar-refractivity contribution >= 4 is 27.6 Å². The summed E-state index contributed by atoms with van der Waals surface area (Å²) in [4.78, 5) is 23.4. The lowest BCUT2D eigenvalue weighted by Gasteiger charge is -2.09. The molecule has 0 saturated carbocycles. The van der Waals surface area contributed by atoms with Crippen LogP contribution < -0.4 is 10.0 Å². The number of nitrogens with one attached hydrogen (secondary N) is 2. The second-order valence-corrected chi connectivity index (χ2v) is 7.64. The number of hydrogen-bond acceptors (Lipinski definition) is 6. The molecule has 0 bridgehead atoms. The first-order valence-corrected chi connectivity index (χ1v) is 9.95. The number of anilines is 1. The molecule has 0 aliphatic rings. The molecule has 0 fully saturated rings. The highest BCUT2D eigenvalue weighted by atomic mass is 32.2. The van der Waals surface area contributed by atoms with Crippen LogP contribution in [0, 0.1) is 0 Å². The number of amides is 1. The summed E-state index contributed by atoms with van der Waals surface area (Å²) in [5.74, 6) is -1.03. The molecule has 1 amide bonds. The van der Waals surface area contributed by atoms with Crippen LogP contribution in [-0.2, 0) is 19.6 Å². The first kappa shape index (κ1) is 20.2. The highest BCUT2D eigenvalue weighted by molar-refractivity contribution is 7.89. The summed E-state index contributed by atoms with van der Waals surface area (Å²) >= 11 is 0. The third-order valence-electron chi connectivity index (χ3n) is 3.96. The van der Waals surface area contributed by atoms with Gasteiger partial charge in [0.05, 0.1) is 17.7 Å². The van der Waals surface area contributed by atoms with E-state index in [1.54, 1.807) is 47.4 Å². The summed E-state index contributed by atoms with van der Waals surface area (Å²) < 4.78 is 32.5. The van der Waals surface area contributed by atoms with E-state index in [4.69, 9.17) is 0 Å². The van der Waals surface area contributed by atoms with Crippen LogP contribution in [0.1, 0.15) is 10.4 Å². The average molecular weight is 414 g/mol. The summed E-state index contributed by atoms with van der Waals surface area (Å²) in [5, 5.41) is 6.82. The van der Waals surface area contributed by atoms with Gasteiger partial charge in [-0.15, -0.1) is 0 Å². The van der Waals surface area contributed by atoms with Crippen LogP contribution in [0.3, 0.4) is 0 Å². The Labute approximate surface area is 167 Å². The van der Waals surface area contributed by atoms with E-state index >= 15 is 0 Å². The molecule has 0 saturated heterocycles. The van der Waals surface area contributed by atoms with Gasteiger partial charge < -0.3 is 10.1 Å². The highest BCUT2D eigenvalue weighted by Gasteiger charge is 2.16. The summed E-state index contributed by atoms with van der Waals surface area (Å²) in [7, 11) is -2.70. The largest absolute Gasteiger partial charge is 0.468 e. The average Bonchev–Trinajstić information content (AvgIpc) is 3.27. The number of esters is 1. The fourth-order valence-electron chi connectivity index (χ4n) is 2.42. The van der Waals surface area contributed by atoms with E-state index in [2.05, 4.69) is 19.9 Å². The molecular weight excluding hydrogens is 396 g/mol. The van der Waals surface area contributed by atoms with Crippen molar-refractivity contribution in [2.24, 2.45) is 0 Å². The molecule has 0 spiro atoms. The molecule has 1 aromatic heterocycles. The monoisotopic (exact) mass is 414 g/mol. The standard InChI is InChI=1S/C19H18N4O5S/c1-28-18(24)13-21-29(26,27)17-9-5-15(6-10-17)22-19(25)14-3-7-16(8-4-14)23-12-2-11-20-23/h2-12,21H,13H2,1H3,(H,22,25). The lowest BCUT2D eigenvalue weighted by molar-refractivity contribution is -0.139. The number of aromatic nitrogens is 2. The van der Waals surface area contributed by atoms with Crippen molar-refractivity contribution in [1.82, 2.24) is 14.5 Å². The van der Waals surface area contributed by atoms with E-state index in [1.807, 2.05) is 0 Å². The molecule has 0 unspecified atom stereocenters. The predicted molar refractivity (Wildman–Crippen MR) is 105 cm³/mol. The third-order valence-corrected chi connectivity index (χ3v) is 5.37. The molecular formula is C19H18N4O5S. The fourth-order valence-corrected chi connectivity index (χ4v) is 3.39. The van der Waals surface area contributed by atoms with E-state index in [0.29, 0.717) is 11.3 Å². The normalized spacial score (nSPS) is 11.1. The predicted octanol–water partition coefficient (Wildman–Crippen LogP) is 1.58. The molecule has 29 heavy (non-hydrogen) atoms. The zero-order valence-corrected chi connectivity index (χ0v) is 16.2. The number of benzene rings is 2. The van der Waals surface area contributed by atoms with Crippen molar-refractivity contribution in [3.63, 3.8) is 0 Å². The van der Waals surface area contributed by atoms with Crippen LogP contribution in [0.15, 0.2) is 71.9 Å². The molecule has 3 rings (SSSR count). The van der Waals surface area contributed by atoms with Gasteiger partial charge in [-0.1, -0.05) is 0 Å². The van der Waals surface area contributed by atoms with E-state index in [1.165, 1.54) is 31.4 Å². The molecule has 10 heteroatoms. The highest BCUT2D eigenvalue weighted by Crippen LogP contribution is 2.16. The Hall–Kier alpha value is -3.50. The minimum Gasteiger partial charge on any atom is -0.468 e. The summed E-state index contributed by atoms with van der Waals surface area (Å²) in [6.07, 6.45) is 3.46. The van der Waals surface area contributed by atoms with Gasteiger partial charge in [-0.3, -0.25) is 9.59 Å². The van der Waals surface area contributed by atoms with Gasteiger partial charge in [0.25, 0.3) is 5.91 Å². The third kappa shape index (κ3) is 5.06. The van der Waals surface area contributed by atoms with Gasteiger partial charge in [0, 0.05) is 23.6 Å². The maximum Gasteiger partial charge on any atom is 0.320 e. The van der Waals surface area contributed by atoms with Gasteiger partial charge in [-0.2, -0.15) is 9.82 Å². The topological polar surface area (TPSA) is 119 Å². The SMILES string of the molecule is COC(=O)CNS(=O)(=O)c1ccc(NC(=O)c2ccc(-n3cccn3)cc2)cc1. The lowest BCUT2D eigenvalue weighted by atomic mass is 10.2. The van der Waals surface area contributed by atoms with Gasteiger partial charge in [0.1, 0.15) is 6.54 Å². The molecule has 2 aromatic carbocycles. The Balaban J connectivity index is 1.64. The van der Waals surface area contributed by atoms with Crippen LogP contribution in [0.5, 0.6) is 0 Å². The van der Waals surface area contributed by atoms with E-state index < -0.39 is 22.5 Å². The van der Waals surface area contributed by atoms with Crippen molar-refractivity contribution in [1.29, 1.82) is 0 Å². The van der Waals surface area contributed by atoms with Crippen molar-refractivity contribution in [2.75, 3.05) is 19.0 Å². The van der Waals surface area contributed by atoms with Crippen LogP contribution in [0.25, 0.3) is 5.69 Å². The maximum atomic E-state index is 12.4. The molecule has 3 aromatic rings. The number of carbonyl (C=O) groups excluding carboxylic acids is 2. The molecule has 9 nitrogen and oxygen atoms in total. The van der Waals surface area contributed by atoms with Crippen molar-refractivity contribution < 1.29 is 22.7 Å². The molecule has 2 N–H and O–H groups in total. The molecule has 0 atom stereocenters. The Morgan fingerprint density at radius 1 is 1.07 bits per heavy atom. The van der Waals surface area contributed by atoms with Crippen molar-refractivity contribution in [3.05, 3.63) is 72.6 Å². The molecule has 150 valence electrons.